The van der Waals surface area contributed by atoms with Crippen LogP contribution < -0.4 is 5.32 Å². The van der Waals surface area contributed by atoms with Gasteiger partial charge in [-0.15, -0.1) is 5.10 Å². The Hall–Kier alpha value is -2.29. The number of sulfone groups is 1. The molecule has 0 radical (unpaired) electrons. The van der Waals surface area contributed by atoms with E-state index in [9.17, 15) is 13.2 Å². The largest absolute Gasteiger partial charge is 0.354 e. The van der Waals surface area contributed by atoms with Crippen LogP contribution in [0.4, 0.5) is 0 Å². The lowest BCUT2D eigenvalue weighted by molar-refractivity contribution is -0.124. The molecular formula is C16H21N5O3S. The number of carbonyl (C=O) groups is 1. The fraction of sp³-hybridized carbons (Fsp3) is 0.500. The van der Waals surface area contributed by atoms with Gasteiger partial charge in [0.05, 0.1) is 11.5 Å². The zero-order valence-corrected chi connectivity index (χ0v) is 14.6. The molecule has 134 valence electrons. The molecule has 2 aromatic rings. The number of hydrogen-bond acceptors (Lipinski definition) is 6. The Balaban J connectivity index is 1.62. The number of tetrazole rings is 1. The Morgan fingerprint density at radius 2 is 1.96 bits per heavy atom. The topological polar surface area (TPSA) is 107 Å². The fourth-order valence-electron chi connectivity index (χ4n) is 2.96. The Labute approximate surface area is 146 Å². The highest BCUT2D eigenvalue weighted by molar-refractivity contribution is 7.91. The number of amides is 1. The Bertz CT molecular complexity index is 778. The molecule has 0 bridgehead atoms. The number of rotatable bonds is 6. The third-order valence-corrected chi connectivity index (χ3v) is 6.21. The number of hydrogen-bond donors (Lipinski definition) is 1. The van der Waals surface area contributed by atoms with Gasteiger partial charge in [-0.2, -0.15) is 0 Å². The minimum Gasteiger partial charge on any atom is -0.354 e. The second-order valence-corrected chi connectivity index (χ2v) is 8.64. The van der Waals surface area contributed by atoms with Crippen LogP contribution in [0.15, 0.2) is 36.7 Å². The minimum absolute atomic E-state index is 0.162. The van der Waals surface area contributed by atoms with Crippen LogP contribution in [0.2, 0.25) is 0 Å². The highest BCUT2D eigenvalue weighted by atomic mass is 32.2. The van der Waals surface area contributed by atoms with E-state index < -0.39 is 15.9 Å². The molecule has 2 heterocycles. The summed E-state index contributed by atoms with van der Waals surface area (Å²) in [7, 11) is -2.89. The molecule has 1 aromatic carbocycles. The van der Waals surface area contributed by atoms with Crippen molar-refractivity contribution in [3.05, 3.63) is 42.2 Å². The van der Waals surface area contributed by atoms with Gasteiger partial charge in [0.1, 0.15) is 22.2 Å². The molecule has 1 amide bonds. The summed E-state index contributed by atoms with van der Waals surface area (Å²) in [5.74, 6) is 0.436. The summed E-state index contributed by atoms with van der Waals surface area (Å²) >= 11 is 0. The second-order valence-electron chi connectivity index (χ2n) is 6.34. The van der Waals surface area contributed by atoms with Crippen molar-refractivity contribution in [3.63, 3.8) is 0 Å². The third-order valence-electron chi connectivity index (χ3n) is 4.50. The van der Waals surface area contributed by atoms with E-state index in [0.717, 1.165) is 5.56 Å². The minimum atomic E-state index is -2.89. The van der Waals surface area contributed by atoms with Gasteiger partial charge in [0.15, 0.2) is 0 Å². The number of aromatic nitrogens is 4. The highest BCUT2D eigenvalue weighted by Crippen LogP contribution is 2.19. The summed E-state index contributed by atoms with van der Waals surface area (Å²) in [5, 5.41) is 14.0. The van der Waals surface area contributed by atoms with E-state index in [2.05, 4.69) is 20.8 Å². The first-order chi connectivity index (χ1) is 12.0. The number of benzene rings is 1. The van der Waals surface area contributed by atoms with E-state index in [-0.39, 0.29) is 23.3 Å². The molecule has 1 aliphatic rings. The average Bonchev–Trinajstić information content (AvgIpc) is 3.13. The SMILES string of the molecule is O=C(NCC1CCS(=O)(=O)CC1)[C@H](Cc1ccccc1)n1cnnn1. The molecule has 1 fully saturated rings. The van der Waals surface area contributed by atoms with Gasteiger partial charge in [-0.3, -0.25) is 4.79 Å². The summed E-state index contributed by atoms with van der Waals surface area (Å²) in [6.07, 6.45) is 3.10. The van der Waals surface area contributed by atoms with Crippen LogP contribution in [0, 0.1) is 5.92 Å². The molecule has 1 aliphatic heterocycles. The maximum absolute atomic E-state index is 12.7. The zero-order valence-electron chi connectivity index (χ0n) is 13.8. The van der Waals surface area contributed by atoms with Crippen LogP contribution >= 0.6 is 0 Å². The lowest BCUT2D eigenvalue weighted by atomic mass is 10.0. The molecule has 0 unspecified atom stereocenters. The highest BCUT2D eigenvalue weighted by Gasteiger charge is 2.26. The van der Waals surface area contributed by atoms with Gasteiger partial charge >= 0.3 is 0 Å². The van der Waals surface area contributed by atoms with Gasteiger partial charge in [-0.05, 0) is 34.7 Å². The van der Waals surface area contributed by atoms with Crippen LogP contribution in [0.3, 0.4) is 0 Å². The van der Waals surface area contributed by atoms with E-state index >= 15 is 0 Å². The van der Waals surface area contributed by atoms with Gasteiger partial charge in [-0.1, -0.05) is 30.3 Å². The lowest BCUT2D eigenvalue weighted by Gasteiger charge is -2.23. The molecule has 1 aromatic heterocycles. The third kappa shape index (κ3) is 4.85. The van der Waals surface area contributed by atoms with E-state index in [1.165, 1.54) is 11.0 Å². The van der Waals surface area contributed by atoms with Crippen molar-refractivity contribution in [2.24, 2.45) is 5.92 Å². The molecule has 3 rings (SSSR count). The van der Waals surface area contributed by atoms with Crippen LogP contribution in [0.25, 0.3) is 0 Å². The van der Waals surface area contributed by atoms with Gasteiger partial charge in [0.2, 0.25) is 5.91 Å². The van der Waals surface area contributed by atoms with Crippen molar-refractivity contribution < 1.29 is 13.2 Å². The standard InChI is InChI=1S/C16H21N5O3S/c22-16(17-11-14-6-8-25(23,24)9-7-14)15(21-12-18-19-20-21)10-13-4-2-1-3-5-13/h1-5,12,14-15H,6-11H2,(H,17,22)/t15-/m0/s1. The van der Waals surface area contributed by atoms with Crippen LogP contribution in [0.5, 0.6) is 0 Å². The molecule has 0 aliphatic carbocycles. The first kappa shape index (κ1) is 17.5. The summed E-state index contributed by atoms with van der Waals surface area (Å²) in [6, 6.07) is 9.14. The molecular weight excluding hydrogens is 342 g/mol. The number of nitrogens with zero attached hydrogens (tertiary/aromatic N) is 4. The summed E-state index contributed by atoms with van der Waals surface area (Å²) in [6.45, 7) is 0.474. The molecule has 9 heteroatoms. The summed E-state index contributed by atoms with van der Waals surface area (Å²) < 4.78 is 24.4. The predicted molar refractivity (Wildman–Crippen MR) is 91.4 cm³/mol. The van der Waals surface area contributed by atoms with E-state index in [4.69, 9.17) is 0 Å². The van der Waals surface area contributed by atoms with Gasteiger partial charge in [-0.25, -0.2) is 13.1 Å². The van der Waals surface area contributed by atoms with Crippen LogP contribution in [-0.2, 0) is 21.1 Å². The first-order valence-electron chi connectivity index (χ1n) is 8.28. The Kier molecular flexibility index (Phi) is 5.42. The van der Waals surface area contributed by atoms with Crippen molar-refractivity contribution >= 4 is 15.7 Å². The molecule has 25 heavy (non-hydrogen) atoms. The maximum atomic E-state index is 12.7. The smallest absolute Gasteiger partial charge is 0.245 e. The number of nitrogens with one attached hydrogen (secondary N) is 1. The molecule has 1 N–H and O–H groups in total. The van der Waals surface area contributed by atoms with E-state index in [0.29, 0.717) is 25.8 Å². The number of carbonyl (C=O) groups excluding carboxylic acids is 1. The molecule has 1 atom stereocenters. The van der Waals surface area contributed by atoms with E-state index in [1.54, 1.807) is 0 Å². The van der Waals surface area contributed by atoms with Crippen LogP contribution in [0.1, 0.15) is 24.4 Å². The molecule has 0 spiro atoms. The van der Waals surface area contributed by atoms with Crippen molar-refractivity contribution in [3.8, 4) is 0 Å². The van der Waals surface area contributed by atoms with E-state index in [1.807, 2.05) is 30.3 Å². The Morgan fingerprint density at radius 1 is 1.24 bits per heavy atom. The maximum Gasteiger partial charge on any atom is 0.245 e. The fourth-order valence-corrected chi connectivity index (χ4v) is 4.55. The molecule has 1 saturated heterocycles. The monoisotopic (exact) mass is 363 g/mol. The second kappa shape index (κ2) is 7.73. The van der Waals surface area contributed by atoms with Crippen molar-refractivity contribution in [1.82, 2.24) is 25.5 Å². The lowest BCUT2D eigenvalue weighted by Crippen LogP contribution is -2.39. The molecule has 0 saturated carbocycles. The normalized spacial score (nSPS) is 18.6. The molecule has 8 nitrogen and oxygen atoms in total. The van der Waals surface area contributed by atoms with Crippen molar-refractivity contribution in [2.45, 2.75) is 25.3 Å². The Morgan fingerprint density at radius 3 is 2.60 bits per heavy atom. The average molecular weight is 363 g/mol. The van der Waals surface area contributed by atoms with Gasteiger partial charge < -0.3 is 5.32 Å². The zero-order chi connectivity index (χ0) is 17.7. The van der Waals surface area contributed by atoms with Crippen molar-refractivity contribution in [1.29, 1.82) is 0 Å². The van der Waals surface area contributed by atoms with Crippen LogP contribution in [-0.4, -0.2) is 52.6 Å². The predicted octanol–water partition coefficient (Wildman–Crippen LogP) is 0.398. The quantitative estimate of drug-likeness (QED) is 0.796. The van der Waals surface area contributed by atoms with Gasteiger partial charge in [0.25, 0.3) is 0 Å². The van der Waals surface area contributed by atoms with Gasteiger partial charge in [0, 0.05) is 13.0 Å². The summed E-state index contributed by atoms with van der Waals surface area (Å²) in [4.78, 5) is 12.7. The van der Waals surface area contributed by atoms with Crippen molar-refractivity contribution in [2.75, 3.05) is 18.1 Å². The first-order valence-corrected chi connectivity index (χ1v) is 10.1. The summed E-state index contributed by atoms with van der Waals surface area (Å²) in [5.41, 5.74) is 1.02.